The first-order valence-electron chi connectivity index (χ1n) is 6.64. The average Bonchev–Trinajstić information content (AvgIpc) is 2.49. The molecule has 9 heteroatoms. The molecular formula is C14H17FN2O6. The van der Waals surface area contributed by atoms with E-state index in [4.69, 9.17) is 9.84 Å². The van der Waals surface area contributed by atoms with Crippen molar-refractivity contribution in [1.29, 1.82) is 0 Å². The molecule has 8 nitrogen and oxygen atoms in total. The second kappa shape index (κ2) is 8.79. The fourth-order valence-electron chi connectivity index (χ4n) is 1.68. The van der Waals surface area contributed by atoms with Crippen molar-refractivity contribution in [2.75, 3.05) is 25.1 Å². The Morgan fingerprint density at radius 1 is 1.48 bits per heavy atom. The molecule has 2 unspecified atom stereocenters. The summed E-state index contributed by atoms with van der Waals surface area (Å²) < 4.78 is 22.5. The zero-order valence-electron chi connectivity index (χ0n) is 12.6. The molecule has 0 fully saturated rings. The predicted molar refractivity (Wildman–Crippen MR) is 76.5 cm³/mol. The normalized spacial score (nSPS) is 13.0. The van der Waals surface area contributed by atoms with Gasteiger partial charge in [0.15, 0.2) is 12.4 Å². The van der Waals surface area contributed by atoms with Gasteiger partial charge in [-0.15, -0.1) is 0 Å². The van der Waals surface area contributed by atoms with Crippen LogP contribution in [0.5, 0.6) is 0 Å². The minimum Gasteiger partial charge on any atom is -0.478 e. The lowest BCUT2D eigenvalue weighted by Gasteiger charge is -2.22. The summed E-state index contributed by atoms with van der Waals surface area (Å²) in [5.41, 5.74) is 0.618. The molecule has 1 aromatic heterocycles. The van der Waals surface area contributed by atoms with Gasteiger partial charge >= 0.3 is 11.9 Å². The fraction of sp³-hybridized carbons (Fsp3) is 0.429. The maximum absolute atomic E-state index is 12.7. The van der Waals surface area contributed by atoms with E-state index in [-0.39, 0.29) is 19.4 Å². The van der Waals surface area contributed by atoms with E-state index in [9.17, 15) is 18.8 Å². The largest absolute Gasteiger partial charge is 0.478 e. The zero-order chi connectivity index (χ0) is 17.4. The van der Waals surface area contributed by atoms with Gasteiger partial charge in [0.1, 0.15) is 0 Å². The number of anilines is 1. The molecule has 1 N–H and O–H groups in total. The quantitative estimate of drug-likeness (QED) is 0.391. The molecule has 0 aliphatic rings. The Morgan fingerprint density at radius 3 is 2.65 bits per heavy atom. The van der Waals surface area contributed by atoms with Crippen molar-refractivity contribution in [3.8, 4) is 0 Å². The highest BCUT2D eigenvalue weighted by Gasteiger charge is 2.31. The van der Waals surface area contributed by atoms with Crippen LogP contribution in [0.2, 0.25) is 0 Å². The Bertz CT molecular complexity index is 551. The number of hydrogen-bond acceptors (Lipinski definition) is 7. The molecule has 23 heavy (non-hydrogen) atoms. The summed E-state index contributed by atoms with van der Waals surface area (Å²) in [5.74, 6) is -2.92. The number of rotatable bonds is 9. The first kappa shape index (κ1) is 18.5. The number of aromatic nitrogens is 1. The monoisotopic (exact) mass is 328 g/mol. The van der Waals surface area contributed by atoms with Gasteiger partial charge in [0.05, 0.1) is 18.5 Å². The third-order valence-electron chi connectivity index (χ3n) is 2.86. The molecule has 0 radical (unpaired) electrons. The van der Waals surface area contributed by atoms with Gasteiger partial charge in [0, 0.05) is 20.5 Å². The number of ether oxygens (including phenoxy) is 2. The highest BCUT2D eigenvalue weighted by Crippen LogP contribution is 2.11. The molecule has 0 saturated carbocycles. The number of hydrogen-bond donors (Lipinski definition) is 1. The summed E-state index contributed by atoms with van der Waals surface area (Å²) in [6, 6.07) is 2.71. The van der Waals surface area contributed by atoms with Crippen LogP contribution in [0.3, 0.4) is 0 Å². The van der Waals surface area contributed by atoms with Gasteiger partial charge in [0.2, 0.25) is 12.1 Å². The third kappa shape index (κ3) is 5.99. The topological polar surface area (TPSA) is 106 Å². The van der Waals surface area contributed by atoms with Crippen molar-refractivity contribution in [2.24, 2.45) is 0 Å². The zero-order valence-corrected chi connectivity index (χ0v) is 12.6. The van der Waals surface area contributed by atoms with Crippen molar-refractivity contribution in [3.05, 3.63) is 24.3 Å². The Labute approximate surface area is 131 Å². The average molecular weight is 328 g/mol. The van der Waals surface area contributed by atoms with Gasteiger partial charge in [-0.1, -0.05) is 0 Å². The fourth-order valence-corrected chi connectivity index (χ4v) is 1.68. The molecule has 0 aliphatic heterocycles. The van der Waals surface area contributed by atoms with Crippen LogP contribution in [-0.4, -0.2) is 60.7 Å². The molecule has 0 aromatic carbocycles. The number of aldehydes is 1. The standard InChI is InChI=1S/C14H17FN2O6/c1-9(19)23-13(14(20)21)11(8-18)22-6-5-17(2)10-3-4-12(15)16-7-10/h3-4,7-8,11,13H,5-6H2,1-2H3,(H,20,21). The smallest absolute Gasteiger partial charge is 0.348 e. The second-order valence-corrected chi connectivity index (χ2v) is 4.60. The van der Waals surface area contributed by atoms with Gasteiger partial charge in [-0.2, -0.15) is 4.39 Å². The maximum Gasteiger partial charge on any atom is 0.348 e. The number of nitrogens with zero attached hydrogens (tertiary/aromatic N) is 2. The van der Waals surface area contributed by atoms with Crippen LogP contribution in [0.25, 0.3) is 0 Å². The van der Waals surface area contributed by atoms with E-state index >= 15 is 0 Å². The summed E-state index contributed by atoms with van der Waals surface area (Å²) in [7, 11) is 1.69. The van der Waals surface area contributed by atoms with E-state index in [1.807, 2.05) is 0 Å². The van der Waals surface area contributed by atoms with Gasteiger partial charge in [-0.3, -0.25) is 4.79 Å². The highest BCUT2D eigenvalue weighted by molar-refractivity contribution is 5.81. The number of carbonyl (C=O) groups is 3. The Morgan fingerprint density at radius 2 is 2.17 bits per heavy atom. The van der Waals surface area contributed by atoms with Gasteiger partial charge < -0.3 is 24.3 Å². The second-order valence-electron chi connectivity index (χ2n) is 4.60. The van der Waals surface area contributed by atoms with E-state index in [0.29, 0.717) is 5.69 Å². The molecule has 1 rings (SSSR count). The minimum atomic E-state index is -1.71. The molecule has 1 aromatic rings. The van der Waals surface area contributed by atoms with Crippen LogP contribution in [-0.2, 0) is 23.9 Å². The van der Waals surface area contributed by atoms with Gasteiger partial charge in [-0.05, 0) is 12.1 Å². The van der Waals surface area contributed by atoms with E-state index in [1.54, 1.807) is 11.9 Å². The highest BCUT2D eigenvalue weighted by atomic mass is 19.1. The Kier molecular flexibility index (Phi) is 7.07. The Hall–Kier alpha value is -2.55. The predicted octanol–water partition coefficient (Wildman–Crippen LogP) is 0.257. The number of carboxylic acids is 1. The lowest BCUT2D eigenvalue weighted by Crippen LogP contribution is -2.41. The van der Waals surface area contributed by atoms with E-state index in [0.717, 1.165) is 6.92 Å². The SMILES string of the molecule is CC(=O)OC(C(=O)O)C(C=O)OCCN(C)c1ccc(F)nc1. The van der Waals surface area contributed by atoms with Crippen molar-refractivity contribution in [1.82, 2.24) is 4.98 Å². The van der Waals surface area contributed by atoms with E-state index in [2.05, 4.69) is 9.72 Å². The molecular weight excluding hydrogens is 311 g/mol. The van der Waals surface area contributed by atoms with Crippen LogP contribution < -0.4 is 4.90 Å². The number of halogens is 1. The van der Waals surface area contributed by atoms with Gasteiger partial charge in [0.25, 0.3) is 0 Å². The first-order chi connectivity index (χ1) is 10.8. The van der Waals surface area contributed by atoms with Crippen LogP contribution >= 0.6 is 0 Å². The molecule has 1 heterocycles. The number of carboxylic acid groups (broad SMARTS) is 1. The first-order valence-corrected chi connectivity index (χ1v) is 6.64. The number of esters is 1. The van der Waals surface area contributed by atoms with Crippen LogP contribution in [0.15, 0.2) is 18.3 Å². The molecule has 0 bridgehead atoms. The molecule has 0 spiro atoms. The van der Waals surface area contributed by atoms with Gasteiger partial charge in [-0.25, -0.2) is 9.78 Å². The number of likely N-dealkylation sites (N-methyl/N-ethyl adjacent to an activating group) is 1. The lowest BCUT2D eigenvalue weighted by molar-refractivity contribution is -0.173. The van der Waals surface area contributed by atoms with E-state index < -0.39 is 30.1 Å². The molecule has 0 amide bonds. The molecule has 2 atom stereocenters. The summed E-state index contributed by atoms with van der Waals surface area (Å²) in [5, 5.41) is 8.97. The number of aliphatic carboxylic acids is 1. The summed E-state index contributed by atoms with van der Waals surface area (Å²) in [6.07, 6.45) is -1.54. The summed E-state index contributed by atoms with van der Waals surface area (Å²) >= 11 is 0. The Balaban J connectivity index is 2.56. The summed E-state index contributed by atoms with van der Waals surface area (Å²) in [6.45, 7) is 1.31. The number of carbonyl (C=O) groups excluding carboxylic acids is 2. The van der Waals surface area contributed by atoms with Crippen molar-refractivity contribution in [3.63, 3.8) is 0 Å². The number of pyridine rings is 1. The lowest BCUT2D eigenvalue weighted by atomic mass is 10.2. The maximum atomic E-state index is 12.7. The van der Waals surface area contributed by atoms with Crippen molar-refractivity contribution in [2.45, 2.75) is 19.1 Å². The summed E-state index contributed by atoms with van der Waals surface area (Å²) in [4.78, 5) is 38.0. The van der Waals surface area contributed by atoms with E-state index in [1.165, 1.54) is 18.3 Å². The molecule has 0 saturated heterocycles. The molecule has 0 aliphatic carbocycles. The van der Waals surface area contributed by atoms with Crippen LogP contribution in [0, 0.1) is 5.95 Å². The van der Waals surface area contributed by atoms with Crippen molar-refractivity contribution < 1.29 is 33.4 Å². The molecule has 126 valence electrons. The van der Waals surface area contributed by atoms with Crippen LogP contribution in [0.4, 0.5) is 10.1 Å². The third-order valence-corrected chi connectivity index (χ3v) is 2.86. The van der Waals surface area contributed by atoms with Crippen LogP contribution in [0.1, 0.15) is 6.92 Å². The minimum absolute atomic E-state index is 0.0116. The van der Waals surface area contributed by atoms with Crippen molar-refractivity contribution >= 4 is 23.9 Å².